The maximum atomic E-state index is 13.2. The number of hydrogen-bond acceptors (Lipinski definition) is 4. The van der Waals surface area contributed by atoms with Crippen LogP contribution in [0.5, 0.6) is 0 Å². The molecule has 0 bridgehead atoms. The second-order valence-electron chi connectivity index (χ2n) is 2.90. The first-order valence-electron chi connectivity index (χ1n) is 3.89. The molecule has 0 radical (unpaired) electrons. The zero-order valence-corrected chi connectivity index (χ0v) is 7.82. The Labute approximate surface area is 80.3 Å². The molecule has 1 aromatic carbocycles. The molecule has 0 spiro atoms. The van der Waals surface area contributed by atoms with Crippen molar-refractivity contribution < 1.29 is 9.31 Å². The fourth-order valence-electron chi connectivity index (χ4n) is 0.999. The molecule has 0 saturated heterocycles. The van der Waals surface area contributed by atoms with Crippen molar-refractivity contribution >= 4 is 11.4 Å². The van der Waals surface area contributed by atoms with Gasteiger partial charge in [0.15, 0.2) is 11.5 Å². The molecule has 0 aliphatic carbocycles. The summed E-state index contributed by atoms with van der Waals surface area (Å²) in [5.74, 6) is -0.645. The summed E-state index contributed by atoms with van der Waals surface area (Å²) in [4.78, 5) is 9.91. The molecular weight excluding hydrogens is 189 g/mol. The number of anilines is 1. The van der Waals surface area contributed by atoms with Crippen LogP contribution in [0.25, 0.3) is 0 Å². The highest BCUT2D eigenvalue weighted by atomic mass is 19.1. The van der Waals surface area contributed by atoms with Crippen LogP contribution in [0, 0.1) is 15.9 Å². The molecule has 0 aromatic heterocycles. The lowest BCUT2D eigenvalue weighted by molar-refractivity contribution is -0.384. The maximum absolute atomic E-state index is 13.2. The summed E-state index contributed by atoms with van der Waals surface area (Å²) in [5.41, 5.74) is 2.14. The predicted molar refractivity (Wildman–Crippen MR) is 50.4 cm³/mol. The minimum absolute atomic E-state index is 0.123. The van der Waals surface area contributed by atoms with Crippen molar-refractivity contribution in [3.63, 3.8) is 0 Å². The Balaban J connectivity index is 3.15. The van der Waals surface area contributed by atoms with Gasteiger partial charge in [-0.15, -0.1) is 0 Å². The summed E-state index contributed by atoms with van der Waals surface area (Å²) < 4.78 is 13.2. The molecule has 0 aliphatic rings. The van der Waals surface area contributed by atoms with E-state index in [1.165, 1.54) is 23.2 Å². The number of rotatable bonds is 3. The van der Waals surface area contributed by atoms with Gasteiger partial charge >= 0.3 is 0 Å². The topological polar surface area (TPSA) is 58.4 Å². The van der Waals surface area contributed by atoms with Gasteiger partial charge in [0.25, 0.3) is 5.69 Å². The minimum Gasteiger partial charge on any atom is -0.311 e. The van der Waals surface area contributed by atoms with Crippen molar-refractivity contribution in [1.82, 2.24) is 5.01 Å². The van der Waals surface area contributed by atoms with E-state index < -0.39 is 10.7 Å². The second kappa shape index (κ2) is 4.01. The van der Waals surface area contributed by atoms with Gasteiger partial charge < -0.3 is 5.43 Å². The fourth-order valence-corrected chi connectivity index (χ4v) is 0.999. The number of benzene rings is 1. The molecule has 6 heteroatoms. The van der Waals surface area contributed by atoms with Gasteiger partial charge in [0, 0.05) is 20.2 Å². The van der Waals surface area contributed by atoms with Gasteiger partial charge in [0.1, 0.15) is 0 Å². The molecule has 0 atom stereocenters. The van der Waals surface area contributed by atoms with Crippen molar-refractivity contribution in [2.24, 2.45) is 0 Å². The summed E-state index contributed by atoms with van der Waals surface area (Å²) in [6, 6.07) is 3.71. The monoisotopic (exact) mass is 199 g/mol. The van der Waals surface area contributed by atoms with E-state index in [0.717, 1.165) is 0 Å². The standard InChI is InChI=1S/C8H10FN3O2/c1-11(2)10-8-6(9)4-3-5-7(8)12(13)14/h3-5,10H,1-2H3. The molecule has 0 fully saturated rings. The first-order valence-corrected chi connectivity index (χ1v) is 3.89. The SMILES string of the molecule is CN(C)Nc1c(F)cccc1[N+](=O)[O-]. The molecule has 1 rings (SSSR count). The Bertz CT molecular complexity index is 354. The normalized spacial score (nSPS) is 10.3. The van der Waals surface area contributed by atoms with E-state index in [4.69, 9.17) is 0 Å². The average molecular weight is 199 g/mol. The third kappa shape index (κ3) is 2.17. The first kappa shape index (κ1) is 10.4. The van der Waals surface area contributed by atoms with E-state index >= 15 is 0 Å². The van der Waals surface area contributed by atoms with Crippen LogP contribution in [0.15, 0.2) is 18.2 Å². The fraction of sp³-hybridized carbons (Fsp3) is 0.250. The molecule has 14 heavy (non-hydrogen) atoms. The van der Waals surface area contributed by atoms with Crippen molar-refractivity contribution in [3.05, 3.63) is 34.1 Å². The van der Waals surface area contributed by atoms with Crippen LogP contribution >= 0.6 is 0 Å². The molecule has 0 amide bonds. The lowest BCUT2D eigenvalue weighted by Gasteiger charge is -2.13. The molecule has 76 valence electrons. The summed E-state index contributed by atoms with van der Waals surface area (Å²) in [5, 5.41) is 12.0. The summed E-state index contributed by atoms with van der Waals surface area (Å²) in [7, 11) is 3.24. The quantitative estimate of drug-likeness (QED) is 0.593. The third-order valence-electron chi connectivity index (χ3n) is 1.52. The van der Waals surface area contributed by atoms with Gasteiger partial charge in [-0.3, -0.25) is 10.1 Å². The van der Waals surface area contributed by atoms with Gasteiger partial charge in [0.2, 0.25) is 0 Å². The third-order valence-corrected chi connectivity index (χ3v) is 1.52. The highest BCUT2D eigenvalue weighted by molar-refractivity contribution is 5.61. The lowest BCUT2D eigenvalue weighted by atomic mass is 10.2. The summed E-state index contributed by atoms with van der Waals surface area (Å²) in [6.07, 6.45) is 0. The highest BCUT2D eigenvalue weighted by Crippen LogP contribution is 2.26. The number of nitro benzene ring substituents is 1. The molecular formula is C8H10FN3O2. The zero-order chi connectivity index (χ0) is 10.7. The van der Waals surface area contributed by atoms with Crippen LogP contribution in [-0.2, 0) is 0 Å². The van der Waals surface area contributed by atoms with E-state index in [9.17, 15) is 14.5 Å². The number of halogens is 1. The molecule has 0 aliphatic heterocycles. The molecule has 1 N–H and O–H groups in total. The summed E-state index contributed by atoms with van der Waals surface area (Å²) in [6.45, 7) is 0. The van der Waals surface area contributed by atoms with Crippen LogP contribution in [-0.4, -0.2) is 24.0 Å². The van der Waals surface area contributed by atoms with E-state index in [0.29, 0.717) is 0 Å². The Morgan fingerprint density at radius 2 is 2.14 bits per heavy atom. The maximum Gasteiger partial charge on any atom is 0.296 e. The first-order chi connectivity index (χ1) is 6.52. The second-order valence-corrected chi connectivity index (χ2v) is 2.90. The Morgan fingerprint density at radius 3 is 2.64 bits per heavy atom. The van der Waals surface area contributed by atoms with Gasteiger partial charge in [0.05, 0.1) is 4.92 Å². The van der Waals surface area contributed by atoms with Crippen LogP contribution in [0.3, 0.4) is 0 Å². The van der Waals surface area contributed by atoms with Crippen LogP contribution in [0.1, 0.15) is 0 Å². The van der Waals surface area contributed by atoms with Crippen LogP contribution in [0.4, 0.5) is 15.8 Å². The van der Waals surface area contributed by atoms with E-state index in [1.807, 2.05) is 0 Å². The predicted octanol–water partition coefficient (Wildman–Crippen LogP) is 1.62. The van der Waals surface area contributed by atoms with E-state index in [-0.39, 0.29) is 11.4 Å². The van der Waals surface area contributed by atoms with E-state index in [1.54, 1.807) is 14.1 Å². The largest absolute Gasteiger partial charge is 0.311 e. The van der Waals surface area contributed by atoms with Crippen LogP contribution < -0.4 is 5.43 Å². The number of nitrogens with zero attached hydrogens (tertiary/aromatic N) is 2. The molecule has 0 saturated carbocycles. The average Bonchev–Trinajstić information content (AvgIpc) is 2.07. The smallest absolute Gasteiger partial charge is 0.296 e. The Morgan fingerprint density at radius 1 is 1.50 bits per heavy atom. The van der Waals surface area contributed by atoms with Gasteiger partial charge in [-0.25, -0.2) is 9.40 Å². The molecule has 0 heterocycles. The Kier molecular flexibility index (Phi) is 2.98. The number of para-hydroxylation sites is 1. The van der Waals surface area contributed by atoms with E-state index in [2.05, 4.69) is 5.43 Å². The lowest BCUT2D eigenvalue weighted by Crippen LogP contribution is -2.21. The van der Waals surface area contributed by atoms with Crippen LogP contribution in [0.2, 0.25) is 0 Å². The van der Waals surface area contributed by atoms with Crippen molar-refractivity contribution in [3.8, 4) is 0 Å². The Hall–Kier alpha value is -1.69. The minimum atomic E-state index is -0.645. The number of nitro groups is 1. The number of nitrogens with one attached hydrogen (secondary N) is 1. The van der Waals surface area contributed by atoms with Gasteiger partial charge in [-0.2, -0.15) is 0 Å². The van der Waals surface area contributed by atoms with Crippen molar-refractivity contribution in [1.29, 1.82) is 0 Å². The van der Waals surface area contributed by atoms with Crippen molar-refractivity contribution in [2.45, 2.75) is 0 Å². The van der Waals surface area contributed by atoms with Gasteiger partial charge in [-0.05, 0) is 6.07 Å². The van der Waals surface area contributed by atoms with Crippen molar-refractivity contribution in [2.75, 3.05) is 19.5 Å². The molecule has 0 unspecified atom stereocenters. The molecule has 1 aromatic rings. The molecule has 5 nitrogen and oxygen atoms in total. The van der Waals surface area contributed by atoms with Gasteiger partial charge in [-0.1, -0.05) is 6.07 Å². The summed E-state index contributed by atoms with van der Waals surface area (Å²) >= 11 is 0. The number of hydrogen-bond donors (Lipinski definition) is 1. The zero-order valence-electron chi connectivity index (χ0n) is 7.82. The highest BCUT2D eigenvalue weighted by Gasteiger charge is 2.17. The number of hydrazine groups is 1.